The van der Waals surface area contributed by atoms with Crippen LogP contribution in [0.5, 0.6) is 5.75 Å². The second kappa shape index (κ2) is 4.88. The summed E-state index contributed by atoms with van der Waals surface area (Å²) in [5, 5.41) is 8.81. The van der Waals surface area contributed by atoms with Crippen molar-refractivity contribution in [1.82, 2.24) is 0 Å². The Morgan fingerprint density at radius 3 is 2.89 bits per heavy atom. The van der Waals surface area contributed by atoms with Crippen molar-refractivity contribution in [3.63, 3.8) is 0 Å². The van der Waals surface area contributed by atoms with E-state index in [0.29, 0.717) is 6.54 Å². The third kappa shape index (κ3) is 2.58. The van der Waals surface area contributed by atoms with Crippen LogP contribution in [0.3, 0.4) is 0 Å². The molecule has 1 heterocycles. The molecule has 0 aliphatic carbocycles. The number of benzene rings is 1. The van der Waals surface area contributed by atoms with Crippen molar-refractivity contribution in [2.75, 3.05) is 18.0 Å². The number of hydrogen-bond acceptors (Lipinski definition) is 3. The second-order valence-corrected chi connectivity index (χ2v) is 4.95. The topological polar surface area (TPSA) is 49.8 Å². The first-order chi connectivity index (χ1) is 8.47. The lowest BCUT2D eigenvalue weighted by Gasteiger charge is -2.35. The summed E-state index contributed by atoms with van der Waals surface area (Å²) in [7, 11) is 0. The first kappa shape index (κ1) is 12.7. The van der Waals surface area contributed by atoms with Gasteiger partial charge in [-0.05, 0) is 38.0 Å². The van der Waals surface area contributed by atoms with Crippen LogP contribution in [-0.2, 0) is 4.79 Å². The van der Waals surface area contributed by atoms with Crippen LogP contribution in [0.15, 0.2) is 12.1 Å². The van der Waals surface area contributed by atoms with Crippen molar-refractivity contribution < 1.29 is 14.6 Å². The van der Waals surface area contributed by atoms with Crippen LogP contribution < -0.4 is 9.64 Å². The SMILES string of the molecule is Cc1cc(C)c2c(c1)N(CCC(=O)O)CC(C)O2. The number of aryl methyl sites for hydroxylation is 2. The highest BCUT2D eigenvalue weighted by Crippen LogP contribution is 2.37. The number of ether oxygens (including phenoxy) is 1. The zero-order chi connectivity index (χ0) is 13.3. The average molecular weight is 249 g/mol. The number of hydrogen-bond donors (Lipinski definition) is 1. The Balaban J connectivity index is 2.32. The highest BCUT2D eigenvalue weighted by molar-refractivity contribution is 5.69. The zero-order valence-corrected chi connectivity index (χ0v) is 11.1. The number of rotatable bonds is 3. The van der Waals surface area contributed by atoms with Gasteiger partial charge in [0.25, 0.3) is 0 Å². The Bertz CT molecular complexity index is 470. The summed E-state index contributed by atoms with van der Waals surface area (Å²) in [5.41, 5.74) is 3.30. The predicted molar refractivity (Wildman–Crippen MR) is 70.5 cm³/mol. The van der Waals surface area contributed by atoms with Crippen LogP contribution in [-0.4, -0.2) is 30.3 Å². The maximum atomic E-state index is 10.7. The van der Waals surface area contributed by atoms with Gasteiger partial charge in [-0.25, -0.2) is 0 Å². The van der Waals surface area contributed by atoms with E-state index in [1.54, 1.807) is 0 Å². The fourth-order valence-corrected chi connectivity index (χ4v) is 2.41. The molecule has 0 saturated heterocycles. The molecule has 1 aliphatic rings. The van der Waals surface area contributed by atoms with Crippen LogP contribution >= 0.6 is 0 Å². The minimum atomic E-state index is -0.764. The molecule has 0 radical (unpaired) electrons. The quantitative estimate of drug-likeness (QED) is 0.893. The molecule has 0 amide bonds. The monoisotopic (exact) mass is 249 g/mol. The first-order valence-electron chi connectivity index (χ1n) is 6.22. The van der Waals surface area contributed by atoms with Gasteiger partial charge in [-0.3, -0.25) is 4.79 Å². The lowest BCUT2D eigenvalue weighted by molar-refractivity contribution is -0.136. The van der Waals surface area contributed by atoms with Gasteiger partial charge in [0.1, 0.15) is 11.9 Å². The van der Waals surface area contributed by atoms with E-state index in [2.05, 4.69) is 17.0 Å². The summed E-state index contributed by atoms with van der Waals surface area (Å²) >= 11 is 0. The van der Waals surface area contributed by atoms with E-state index in [9.17, 15) is 4.79 Å². The molecule has 0 spiro atoms. The fourth-order valence-electron chi connectivity index (χ4n) is 2.41. The van der Waals surface area contributed by atoms with Gasteiger partial charge in [-0.2, -0.15) is 0 Å². The molecule has 4 nitrogen and oxygen atoms in total. The maximum absolute atomic E-state index is 10.7. The molecule has 18 heavy (non-hydrogen) atoms. The molecule has 0 bridgehead atoms. The standard InChI is InChI=1S/C14H19NO3/c1-9-6-10(2)14-12(7-9)15(5-4-13(16)17)8-11(3)18-14/h6-7,11H,4-5,8H2,1-3H3,(H,16,17). The van der Waals surface area contributed by atoms with Gasteiger partial charge >= 0.3 is 5.97 Å². The summed E-state index contributed by atoms with van der Waals surface area (Å²) in [6.07, 6.45) is 0.242. The molecule has 2 rings (SSSR count). The largest absolute Gasteiger partial charge is 0.486 e. The summed E-state index contributed by atoms with van der Waals surface area (Å²) in [6.45, 7) is 7.35. The third-order valence-electron chi connectivity index (χ3n) is 3.13. The summed E-state index contributed by atoms with van der Waals surface area (Å²) in [5.74, 6) is 0.129. The van der Waals surface area contributed by atoms with E-state index in [4.69, 9.17) is 9.84 Å². The molecule has 4 heteroatoms. The molecule has 1 aromatic rings. The molecule has 0 saturated carbocycles. The third-order valence-corrected chi connectivity index (χ3v) is 3.13. The molecule has 0 aromatic heterocycles. The van der Waals surface area contributed by atoms with Gasteiger partial charge in [0.2, 0.25) is 0 Å². The number of aliphatic carboxylic acids is 1. The molecule has 1 aromatic carbocycles. The lowest BCUT2D eigenvalue weighted by atomic mass is 10.1. The normalized spacial score (nSPS) is 18.2. The fraction of sp³-hybridized carbons (Fsp3) is 0.500. The van der Waals surface area contributed by atoms with Gasteiger partial charge in [0.15, 0.2) is 0 Å². The molecular weight excluding hydrogens is 230 g/mol. The Morgan fingerprint density at radius 2 is 2.22 bits per heavy atom. The molecule has 1 unspecified atom stereocenters. The molecule has 1 aliphatic heterocycles. The minimum Gasteiger partial charge on any atom is -0.486 e. The van der Waals surface area contributed by atoms with E-state index in [1.165, 1.54) is 5.56 Å². The van der Waals surface area contributed by atoms with Crippen LogP contribution in [0.4, 0.5) is 5.69 Å². The number of carboxylic acids is 1. The second-order valence-electron chi connectivity index (χ2n) is 4.95. The lowest BCUT2D eigenvalue weighted by Crippen LogP contribution is -2.39. The Kier molecular flexibility index (Phi) is 3.45. The number of anilines is 1. The van der Waals surface area contributed by atoms with E-state index in [1.807, 2.05) is 20.8 Å². The van der Waals surface area contributed by atoms with Gasteiger partial charge in [0.05, 0.1) is 18.7 Å². The van der Waals surface area contributed by atoms with Crippen molar-refractivity contribution in [3.8, 4) is 5.75 Å². The van der Waals surface area contributed by atoms with Crippen LogP contribution in [0, 0.1) is 13.8 Å². The molecule has 98 valence electrons. The predicted octanol–water partition coefficient (Wildman–Crippen LogP) is 2.37. The van der Waals surface area contributed by atoms with Gasteiger partial charge in [-0.15, -0.1) is 0 Å². The Labute approximate surface area is 107 Å². The van der Waals surface area contributed by atoms with Crippen molar-refractivity contribution in [2.45, 2.75) is 33.3 Å². The highest BCUT2D eigenvalue weighted by Gasteiger charge is 2.24. The van der Waals surface area contributed by atoms with Crippen molar-refractivity contribution in [1.29, 1.82) is 0 Å². The van der Waals surface area contributed by atoms with E-state index in [0.717, 1.165) is 23.5 Å². The smallest absolute Gasteiger partial charge is 0.305 e. The van der Waals surface area contributed by atoms with Gasteiger partial charge < -0.3 is 14.7 Å². The van der Waals surface area contributed by atoms with Crippen LogP contribution in [0.2, 0.25) is 0 Å². The Hall–Kier alpha value is -1.71. The van der Waals surface area contributed by atoms with E-state index in [-0.39, 0.29) is 12.5 Å². The molecule has 1 N–H and O–H groups in total. The van der Waals surface area contributed by atoms with Crippen molar-refractivity contribution >= 4 is 11.7 Å². The number of nitrogens with zero attached hydrogens (tertiary/aromatic N) is 1. The molecular formula is C14H19NO3. The maximum Gasteiger partial charge on any atom is 0.305 e. The van der Waals surface area contributed by atoms with Crippen molar-refractivity contribution in [3.05, 3.63) is 23.3 Å². The van der Waals surface area contributed by atoms with Gasteiger partial charge in [-0.1, -0.05) is 6.07 Å². The van der Waals surface area contributed by atoms with E-state index < -0.39 is 5.97 Å². The summed E-state index contributed by atoms with van der Waals surface area (Å²) in [4.78, 5) is 12.8. The zero-order valence-electron chi connectivity index (χ0n) is 11.1. The average Bonchev–Trinajstić information content (AvgIpc) is 2.27. The Morgan fingerprint density at radius 1 is 1.50 bits per heavy atom. The van der Waals surface area contributed by atoms with E-state index >= 15 is 0 Å². The van der Waals surface area contributed by atoms with Gasteiger partial charge in [0, 0.05) is 6.54 Å². The number of carbonyl (C=O) groups is 1. The van der Waals surface area contributed by atoms with Crippen LogP contribution in [0.1, 0.15) is 24.5 Å². The first-order valence-corrected chi connectivity index (χ1v) is 6.22. The summed E-state index contributed by atoms with van der Waals surface area (Å²) in [6, 6.07) is 4.16. The number of carboxylic acid groups (broad SMARTS) is 1. The van der Waals surface area contributed by atoms with Crippen LogP contribution in [0.25, 0.3) is 0 Å². The minimum absolute atomic E-state index is 0.0905. The number of fused-ring (bicyclic) bond motifs is 1. The molecule has 1 atom stereocenters. The van der Waals surface area contributed by atoms with Crippen molar-refractivity contribution in [2.24, 2.45) is 0 Å². The summed E-state index contributed by atoms with van der Waals surface area (Å²) < 4.78 is 5.87. The highest BCUT2D eigenvalue weighted by atomic mass is 16.5. The molecule has 0 fully saturated rings.